The molecule has 3 N–H and O–H groups in total. The molecule has 1 aromatic carbocycles. The molecule has 1 saturated heterocycles. The molecule has 2 aliphatic heterocycles. The summed E-state index contributed by atoms with van der Waals surface area (Å²) in [6.07, 6.45) is 2.86. The number of amides is 2. The number of hydrogen-bond donors (Lipinski definition) is 2. The van der Waals surface area contributed by atoms with Crippen LogP contribution < -0.4 is 16.0 Å². The van der Waals surface area contributed by atoms with Gasteiger partial charge in [-0.05, 0) is 37.0 Å². The Morgan fingerprint density at radius 1 is 1.40 bits per heavy atom. The molecule has 106 valence electrons. The van der Waals surface area contributed by atoms with Crippen LogP contribution in [0.15, 0.2) is 18.2 Å². The molecule has 0 bridgehead atoms. The molecule has 2 amide bonds. The first kappa shape index (κ1) is 13.0. The number of nitrogens with one attached hydrogen (secondary N) is 1. The lowest BCUT2D eigenvalue weighted by atomic mass is 9.93. The fourth-order valence-electron chi connectivity index (χ4n) is 3.10. The Hall–Kier alpha value is -2.04. The van der Waals surface area contributed by atoms with Crippen molar-refractivity contribution in [1.82, 2.24) is 5.32 Å². The van der Waals surface area contributed by atoms with Crippen molar-refractivity contribution in [1.29, 1.82) is 0 Å². The predicted molar refractivity (Wildman–Crippen MR) is 77.3 cm³/mol. The molecule has 0 radical (unpaired) electrons. The van der Waals surface area contributed by atoms with Gasteiger partial charge in [-0.2, -0.15) is 0 Å². The van der Waals surface area contributed by atoms with E-state index in [1.807, 2.05) is 23.1 Å². The lowest BCUT2D eigenvalue weighted by molar-refractivity contribution is -0.130. The quantitative estimate of drug-likeness (QED) is 0.752. The molecule has 1 atom stereocenters. The molecular formula is C15H19N3O2. The maximum atomic E-state index is 12.7. The third-order valence-electron chi connectivity index (χ3n) is 4.15. The summed E-state index contributed by atoms with van der Waals surface area (Å²) < 4.78 is 0. The fourth-order valence-corrected chi connectivity index (χ4v) is 3.10. The van der Waals surface area contributed by atoms with Gasteiger partial charge in [-0.25, -0.2) is 0 Å². The van der Waals surface area contributed by atoms with Crippen LogP contribution in [-0.4, -0.2) is 24.9 Å². The molecule has 1 aromatic rings. The maximum absolute atomic E-state index is 12.7. The third-order valence-corrected chi connectivity index (χ3v) is 4.15. The van der Waals surface area contributed by atoms with Gasteiger partial charge in [0.15, 0.2) is 0 Å². The normalized spacial score (nSPS) is 22.1. The van der Waals surface area contributed by atoms with Crippen LogP contribution in [0.25, 0.3) is 0 Å². The van der Waals surface area contributed by atoms with Crippen LogP contribution in [0.4, 0.5) is 11.4 Å². The number of carbonyl (C=O) groups is 2. The molecule has 0 aromatic heterocycles. The molecule has 5 nitrogen and oxygen atoms in total. The standard InChI is InChI=1S/C15H19N3O2/c16-12-4-1-5-13-11(12)3-2-8-18(13)15(20)10-6-7-17-14(19)9-10/h1,4-5,10H,2-3,6-9,16H2,(H,17,19). The summed E-state index contributed by atoms with van der Waals surface area (Å²) in [5.41, 5.74) is 8.74. The highest BCUT2D eigenvalue weighted by molar-refractivity contribution is 5.99. The average molecular weight is 273 g/mol. The molecule has 1 fully saturated rings. The summed E-state index contributed by atoms with van der Waals surface area (Å²) >= 11 is 0. The van der Waals surface area contributed by atoms with Gasteiger partial charge in [-0.15, -0.1) is 0 Å². The second kappa shape index (κ2) is 5.15. The van der Waals surface area contributed by atoms with Crippen LogP contribution in [0.5, 0.6) is 0 Å². The van der Waals surface area contributed by atoms with Crippen molar-refractivity contribution in [3.05, 3.63) is 23.8 Å². The van der Waals surface area contributed by atoms with Crippen molar-refractivity contribution in [2.24, 2.45) is 5.92 Å². The van der Waals surface area contributed by atoms with Crippen molar-refractivity contribution in [3.63, 3.8) is 0 Å². The smallest absolute Gasteiger partial charge is 0.230 e. The number of anilines is 2. The summed E-state index contributed by atoms with van der Waals surface area (Å²) in [5.74, 6) is -0.165. The number of fused-ring (bicyclic) bond motifs is 1. The Labute approximate surface area is 118 Å². The monoisotopic (exact) mass is 273 g/mol. The zero-order valence-corrected chi connectivity index (χ0v) is 11.4. The predicted octanol–water partition coefficient (Wildman–Crippen LogP) is 1.07. The van der Waals surface area contributed by atoms with Crippen LogP contribution in [0.1, 0.15) is 24.8 Å². The average Bonchev–Trinajstić information content (AvgIpc) is 2.46. The van der Waals surface area contributed by atoms with Gasteiger partial charge in [0.25, 0.3) is 0 Å². The van der Waals surface area contributed by atoms with Crippen molar-refractivity contribution >= 4 is 23.2 Å². The van der Waals surface area contributed by atoms with Gasteiger partial charge in [0.1, 0.15) is 0 Å². The van der Waals surface area contributed by atoms with E-state index in [4.69, 9.17) is 5.73 Å². The molecule has 3 rings (SSSR count). The Balaban J connectivity index is 1.87. The Morgan fingerprint density at radius 3 is 3.05 bits per heavy atom. The summed E-state index contributed by atoms with van der Waals surface area (Å²) in [5, 5.41) is 2.77. The van der Waals surface area contributed by atoms with E-state index in [1.54, 1.807) is 0 Å². The van der Waals surface area contributed by atoms with Gasteiger partial charge in [0, 0.05) is 36.8 Å². The highest BCUT2D eigenvalue weighted by Gasteiger charge is 2.32. The van der Waals surface area contributed by atoms with Gasteiger partial charge in [-0.1, -0.05) is 6.07 Å². The van der Waals surface area contributed by atoms with E-state index in [9.17, 15) is 9.59 Å². The number of nitrogens with zero attached hydrogens (tertiary/aromatic N) is 1. The van der Waals surface area contributed by atoms with Crippen LogP contribution in [0, 0.1) is 5.92 Å². The molecule has 2 aliphatic rings. The minimum absolute atomic E-state index is 0.0283. The van der Waals surface area contributed by atoms with Gasteiger partial charge in [0.2, 0.25) is 11.8 Å². The van der Waals surface area contributed by atoms with Gasteiger partial charge in [-0.3, -0.25) is 9.59 Å². The Bertz CT molecular complexity index is 556. The summed E-state index contributed by atoms with van der Waals surface area (Å²) in [6.45, 7) is 1.31. The molecule has 0 spiro atoms. The number of nitrogen functional groups attached to an aromatic ring is 1. The molecule has 0 saturated carbocycles. The zero-order chi connectivity index (χ0) is 14.1. The molecule has 20 heavy (non-hydrogen) atoms. The first-order valence-corrected chi connectivity index (χ1v) is 7.12. The first-order chi connectivity index (χ1) is 9.66. The van der Waals surface area contributed by atoms with Crippen LogP contribution in [0.2, 0.25) is 0 Å². The van der Waals surface area contributed by atoms with E-state index < -0.39 is 0 Å². The summed E-state index contributed by atoms with van der Waals surface area (Å²) in [6, 6.07) is 5.71. The number of rotatable bonds is 1. The van der Waals surface area contributed by atoms with E-state index in [2.05, 4.69) is 5.32 Å². The lowest BCUT2D eigenvalue weighted by Crippen LogP contribution is -2.45. The highest BCUT2D eigenvalue weighted by atomic mass is 16.2. The second-order valence-corrected chi connectivity index (χ2v) is 5.48. The number of nitrogens with two attached hydrogens (primary N) is 1. The highest BCUT2D eigenvalue weighted by Crippen LogP contribution is 2.33. The van der Waals surface area contributed by atoms with Crippen molar-refractivity contribution in [2.75, 3.05) is 23.7 Å². The molecule has 5 heteroatoms. The minimum Gasteiger partial charge on any atom is -0.398 e. The van der Waals surface area contributed by atoms with E-state index in [0.717, 1.165) is 36.2 Å². The largest absolute Gasteiger partial charge is 0.398 e. The van der Waals surface area contributed by atoms with Crippen LogP contribution >= 0.6 is 0 Å². The molecular weight excluding hydrogens is 254 g/mol. The van der Waals surface area contributed by atoms with E-state index in [1.165, 1.54) is 0 Å². The Kier molecular flexibility index (Phi) is 3.34. The lowest BCUT2D eigenvalue weighted by Gasteiger charge is -2.34. The Morgan fingerprint density at radius 2 is 2.25 bits per heavy atom. The fraction of sp³-hybridized carbons (Fsp3) is 0.467. The van der Waals surface area contributed by atoms with E-state index in [-0.39, 0.29) is 17.7 Å². The van der Waals surface area contributed by atoms with E-state index >= 15 is 0 Å². The molecule has 1 unspecified atom stereocenters. The summed E-state index contributed by atoms with van der Waals surface area (Å²) in [4.78, 5) is 26.0. The SMILES string of the molecule is Nc1cccc2c1CCCN2C(=O)C1CCNC(=O)C1. The van der Waals surface area contributed by atoms with Gasteiger partial charge in [0.05, 0.1) is 0 Å². The van der Waals surface area contributed by atoms with Gasteiger partial charge < -0.3 is 16.0 Å². The number of carbonyl (C=O) groups excluding carboxylic acids is 2. The molecule has 2 heterocycles. The van der Waals surface area contributed by atoms with Crippen LogP contribution in [0.3, 0.4) is 0 Å². The summed E-state index contributed by atoms with van der Waals surface area (Å²) in [7, 11) is 0. The van der Waals surface area contributed by atoms with Crippen molar-refractivity contribution < 1.29 is 9.59 Å². The molecule has 0 aliphatic carbocycles. The van der Waals surface area contributed by atoms with Crippen molar-refractivity contribution in [3.8, 4) is 0 Å². The number of piperidine rings is 1. The number of hydrogen-bond acceptors (Lipinski definition) is 3. The topological polar surface area (TPSA) is 75.4 Å². The first-order valence-electron chi connectivity index (χ1n) is 7.12. The minimum atomic E-state index is -0.198. The van der Waals surface area contributed by atoms with Crippen molar-refractivity contribution in [2.45, 2.75) is 25.7 Å². The van der Waals surface area contributed by atoms with Crippen LogP contribution in [-0.2, 0) is 16.0 Å². The van der Waals surface area contributed by atoms with Gasteiger partial charge >= 0.3 is 0 Å². The zero-order valence-electron chi connectivity index (χ0n) is 11.4. The third kappa shape index (κ3) is 2.24. The second-order valence-electron chi connectivity index (χ2n) is 5.48. The maximum Gasteiger partial charge on any atom is 0.230 e. The number of benzene rings is 1. The van der Waals surface area contributed by atoms with E-state index in [0.29, 0.717) is 19.5 Å².